The summed E-state index contributed by atoms with van der Waals surface area (Å²) in [5, 5.41) is 3.04. The summed E-state index contributed by atoms with van der Waals surface area (Å²) in [4.78, 5) is 23.2. The Morgan fingerprint density at radius 2 is 1.59 bits per heavy atom. The second kappa shape index (κ2) is 14.7. The van der Waals surface area contributed by atoms with Crippen molar-refractivity contribution in [1.82, 2.24) is 5.32 Å². The number of esters is 2. The predicted octanol–water partition coefficient (Wildman–Crippen LogP) is 3.08. The van der Waals surface area contributed by atoms with Gasteiger partial charge in [0.05, 0.1) is 0 Å². The van der Waals surface area contributed by atoms with Crippen molar-refractivity contribution in [2.75, 3.05) is 6.54 Å². The van der Waals surface area contributed by atoms with Crippen molar-refractivity contribution in [1.29, 1.82) is 0 Å². The Morgan fingerprint density at radius 1 is 1.00 bits per heavy atom. The van der Waals surface area contributed by atoms with Crippen LogP contribution in [-0.4, -0.2) is 54.1 Å². The summed E-state index contributed by atoms with van der Waals surface area (Å²) < 4.78 is 4.87. The van der Waals surface area contributed by atoms with E-state index in [-0.39, 0.29) is 41.6 Å². The van der Waals surface area contributed by atoms with Crippen LogP contribution >= 0.6 is 0 Å². The number of hydrogen-bond donors (Lipinski definition) is 1. The zero-order valence-electron chi connectivity index (χ0n) is 13.5. The van der Waals surface area contributed by atoms with Gasteiger partial charge in [0.2, 0.25) is 0 Å². The minimum absolute atomic E-state index is 0. The molecule has 1 heterocycles. The van der Waals surface area contributed by atoms with Crippen LogP contribution < -0.4 is 5.32 Å². The van der Waals surface area contributed by atoms with Crippen LogP contribution in [-0.2, 0) is 14.3 Å². The van der Waals surface area contributed by atoms with Gasteiger partial charge >= 0.3 is 41.5 Å². The summed E-state index contributed by atoms with van der Waals surface area (Å²) in [6.07, 6.45) is 13.1. The molecule has 0 unspecified atom stereocenters. The van der Waals surface area contributed by atoms with E-state index in [1.54, 1.807) is 0 Å². The van der Waals surface area contributed by atoms with Gasteiger partial charge in [-0.1, -0.05) is 58.3 Å². The van der Waals surface area contributed by atoms with Crippen molar-refractivity contribution in [2.45, 2.75) is 90.0 Å². The third kappa shape index (κ3) is 10.8. The molecule has 0 saturated carbocycles. The molecule has 124 valence electrons. The van der Waals surface area contributed by atoms with Crippen LogP contribution in [0.5, 0.6) is 0 Å². The maximum absolute atomic E-state index is 11.6. The molecule has 0 radical (unpaired) electrons. The maximum atomic E-state index is 11.6. The van der Waals surface area contributed by atoms with E-state index in [1.807, 2.05) is 0 Å². The fourth-order valence-electron chi connectivity index (χ4n) is 2.70. The van der Waals surface area contributed by atoms with Crippen molar-refractivity contribution in [3.05, 3.63) is 0 Å². The molecule has 0 bridgehead atoms. The Hall–Kier alpha value is 0.1000. The van der Waals surface area contributed by atoms with Crippen molar-refractivity contribution in [3.8, 4) is 0 Å². The van der Waals surface area contributed by atoms with Gasteiger partial charge in [-0.05, 0) is 25.8 Å². The molecule has 1 N–H and O–H groups in total. The van der Waals surface area contributed by atoms with Crippen LogP contribution in [0.2, 0.25) is 0 Å². The molecule has 0 amide bonds. The first-order valence-corrected chi connectivity index (χ1v) is 8.72. The Labute approximate surface area is 157 Å². The van der Waals surface area contributed by atoms with Crippen molar-refractivity contribution in [2.24, 2.45) is 0 Å². The van der Waals surface area contributed by atoms with E-state index in [2.05, 4.69) is 12.2 Å². The van der Waals surface area contributed by atoms with E-state index in [9.17, 15) is 9.59 Å². The van der Waals surface area contributed by atoms with Gasteiger partial charge < -0.3 is 10.1 Å². The predicted molar refractivity (Wildman–Crippen MR) is 91.1 cm³/mol. The zero-order chi connectivity index (χ0) is 15.3. The Bertz CT molecular complexity index is 304. The number of unbranched alkanes of at least 4 members (excludes halogenated alkanes) is 8. The van der Waals surface area contributed by atoms with Gasteiger partial charge in [-0.3, -0.25) is 4.79 Å². The van der Waals surface area contributed by atoms with Gasteiger partial charge in [0, 0.05) is 6.42 Å². The Kier molecular flexibility index (Phi) is 14.7. The van der Waals surface area contributed by atoms with E-state index < -0.39 is 5.97 Å². The van der Waals surface area contributed by atoms with Gasteiger partial charge in [-0.25, -0.2) is 4.79 Å². The molecule has 1 saturated heterocycles. The van der Waals surface area contributed by atoms with Crippen molar-refractivity contribution >= 4 is 41.5 Å². The number of rotatable bonds is 11. The number of ether oxygens (including phenoxy) is 1. The van der Waals surface area contributed by atoms with Crippen molar-refractivity contribution < 1.29 is 14.3 Å². The van der Waals surface area contributed by atoms with Crippen LogP contribution in [0.1, 0.15) is 84.0 Å². The van der Waals surface area contributed by atoms with Crippen LogP contribution in [0.15, 0.2) is 0 Å². The summed E-state index contributed by atoms with van der Waals surface area (Å²) in [5.74, 6) is -0.759. The molecule has 0 spiro atoms. The fourth-order valence-corrected chi connectivity index (χ4v) is 2.70. The third-order valence-corrected chi connectivity index (χ3v) is 4.04. The average Bonchev–Trinajstić information content (AvgIpc) is 3.00. The number of nitrogens with one attached hydrogen (secondary N) is 1. The van der Waals surface area contributed by atoms with E-state index in [0.29, 0.717) is 6.42 Å². The quantitative estimate of drug-likeness (QED) is 0.275. The molecule has 1 aliphatic rings. The molecular weight excluding hydrogens is 289 g/mol. The second-order valence-electron chi connectivity index (χ2n) is 6.02. The molecule has 22 heavy (non-hydrogen) atoms. The molecule has 1 aliphatic heterocycles. The average molecular weight is 321 g/mol. The number of carbonyl (C=O) groups excluding carboxylic acids is 2. The third-order valence-electron chi connectivity index (χ3n) is 4.04. The molecule has 1 fully saturated rings. The first-order valence-electron chi connectivity index (χ1n) is 8.72. The number of hydrogen-bond acceptors (Lipinski definition) is 4. The molecule has 0 aromatic heterocycles. The summed E-state index contributed by atoms with van der Waals surface area (Å²) in [6.45, 7) is 3.07. The van der Waals surface area contributed by atoms with Gasteiger partial charge in [0.1, 0.15) is 6.04 Å². The van der Waals surface area contributed by atoms with E-state index in [4.69, 9.17) is 4.74 Å². The molecule has 1 atom stereocenters. The zero-order valence-corrected chi connectivity index (χ0v) is 13.5. The molecule has 0 aromatic carbocycles. The molecule has 0 aliphatic carbocycles. The molecule has 5 heteroatoms. The van der Waals surface area contributed by atoms with Crippen LogP contribution in [0.3, 0.4) is 0 Å². The molecule has 4 nitrogen and oxygen atoms in total. The summed E-state index contributed by atoms with van der Waals surface area (Å²) in [6, 6.07) is -0.267. The molecule has 0 aromatic rings. The number of carbonyl (C=O) groups is 2. The van der Waals surface area contributed by atoms with Crippen LogP contribution in [0.4, 0.5) is 0 Å². The molecule has 1 rings (SSSR count). The Balaban J connectivity index is 0.00000441. The van der Waals surface area contributed by atoms with Gasteiger partial charge in [-0.15, -0.1) is 0 Å². The second-order valence-corrected chi connectivity index (χ2v) is 6.02. The van der Waals surface area contributed by atoms with Crippen molar-refractivity contribution in [3.63, 3.8) is 0 Å². The summed E-state index contributed by atoms with van der Waals surface area (Å²) in [5.41, 5.74) is 0. The fraction of sp³-hybridized carbons (Fsp3) is 0.882. The van der Waals surface area contributed by atoms with Gasteiger partial charge in [0.15, 0.2) is 0 Å². The van der Waals surface area contributed by atoms with E-state index in [0.717, 1.165) is 32.2 Å². The van der Waals surface area contributed by atoms with E-state index in [1.165, 1.54) is 44.9 Å². The monoisotopic (exact) mass is 321 g/mol. The van der Waals surface area contributed by atoms with Gasteiger partial charge in [-0.2, -0.15) is 0 Å². The Morgan fingerprint density at radius 3 is 2.14 bits per heavy atom. The normalized spacial score (nSPS) is 17.0. The topological polar surface area (TPSA) is 55.4 Å². The van der Waals surface area contributed by atoms with Gasteiger partial charge in [0.25, 0.3) is 0 Å². The first-order chi connectivity index (χ1) is 10.2. The van der Waals surface area contributed by atoms with Crippen LogP contribution in [0.25, 0.3) is 0 Å². The molecular formula is C17H32NNaO3. The standard InChI is InChI=1S/C17H31NO3.Na.H/c1-2-3-4-5-6-7-8-9-10-13-16(19)21-17(20)15-12-11-14-18-15;;/h15,18H,2-14H2,1H3;;/t15-;;/m1../s1. The summed E-state index contributed by atoms with van der Waals surface area (Å²) >= 11 is 0. The SMILES string of the molecule is CCCCCCCCCCCC(=O)OC(=O)[C@H]1CCCN1.[NaH]. The minimum atomic E-state index is -0.395. The van der Waals surface area contributed by atoms with E-state index >= 15 is 0 Å². The summed E-state index contributed by atoms with van der Waals surface area (Å²) in [7, 11) is 0. The first kappa shape index (κ1) is 22.1. The van der Waals surface area contributed by atoms with Crippen LogP contribution in [0, 0.1) is 0 Å².